The number of nitrogens with zero attached hydrogens (tertiary/aromatic N) is 1. The fourth-order valence-corrected chi connectivity index (χ4v) is 3.02. The minimum atomic E-state index is -0.992. The fourth-order valence-electron chi connectivity index (χ4n) is 3.02. The van der Waals surface area contributed by atoms with Crippen molar-refractivity contribution in [2.45, 2.75) is 38.6 Å². The maximum atomic E-state index is 12.3. The lowest BCUT2D eigenvalue weighted by Gasteiger charge is -2.16. The van der Waals surface area contributed by atoms with Crippen LogP contribution in [0.4, 0.5) is 5.69 Å². The van der Waals surface area contributed by atoms with Gasteiger partial charge in [0.1, 0.15) is 6.04 Å². The smallest absolute Gasteiger partial charge is 0.326 e. The molecule has 1 fully saturated rings. The van der Waals surface area contributed by atoms with Crippen LogP contribution in [-0.2, 0) is 16.0 Å². The normalized spacial score (nSPS) is 17.5. The number of carboxylic acids is 1. The third-order valence-corrected chi connectivity index (χ3v) is 4.49. The summed E-state index contributed by atoms with van der Waals surface area (Å²) in [6.45, 7) is 2.14. The predicted octanol–water partition coefficient (Wildman–Crippen LogP) is 1.58. The number of nitrogens with one attached hydrogen (secondary N) is 1. The quantitative estimate of drug-likeness (QED) is 0.863. The average molecular weight is 316 g/mol. The van der Waals surface area contributed by atoms with Crippen molar-refractivity contribution in [3.8, 4) is 0 Å². The van der Waals surface area contributed by atoms with Gasteiger partial charge in [-0.3, -0.25) is 9.59 Å². The number of aliphatic carboxylic acids is 1. The van der Waals surface area contributed by atoms with Gasteiger partial charge in [-0.1, -0.05) is 12.8 Å². The van der Waals surface area contributed by atoms with Gasteiger partial charge in [-0.2, -0.15) is 0 Å². The molecule has 1 atom stereocenters. The van der Waals surface area contributed by atoms with Gasteiger partial charge < -0.3 is 15.3 Å². The highest BCUT2D eigenvalue weighted by Crippen LogP contribution is 2.33. The summed E-state index contributed by atoms with van der Waals surface area (Å²) in [5.41, 5.74) is 2.22. The van der Waals surface area contributed by atoms with Gasteiger partial charge in [-0.25, -0.2) is 4.79 Å². The summed E-state index contributed by atoms with van der Waals surface area (Å²) in [6.07, 6.45) is 3.28. The molecule has 0 radical (unpaired) electrons. The molecule has 122 valence electrons. The van der Waals surface area contributed by atoms with E-state index in [9.17, 15) is 19.5 Å². The summed E-state index contributed by atoms with van der Waals surface area (Å²) < 4.78 is 0. The topological polar surface area (TPSA) is 86.7 Å². The lowest BCUT2D eigenvalue weighted by molar-refractivity contribution is -0.139. The molecule has 23 heavy (non-hydrogen) atoms. The lowest BCUT2D eigenvalue weighted by Crippen LogP contribution is -2.41. The third-order valence-electron chi connectivity index (χ3n) is 4.49. The minimum Gasteiger partial charge on any atom is -0.480 e. The van der Waals surface area contributed by atoms with Crippen molar-refractivity contribution in [3.63, 3.8) is 0 Å². The molecule has 1 heterocycles. The largest absolute Gasteiger partial charge is 0.480 e. The summed E-state index contributed by atoms with van der Waals surface area (Å²) in [5.74, 6) is -0.965. The zero-order valence-electron chi connectivity index (χ0n) is 13.0. The summed E-state index contributed by atoms with van der Waals surface area (Å²) in [4.78, 5) is 36.8. The van der Waals surface area contributed by atoms with Crippen LogP contribution in [0.2, 0.25) is 0 Å². The number of anilines is 1. The monoisotopic (exact) mass is 316 g/mol. The molecular weight excluding hydrogens is 296 g/mol. The van der Waals surface area contributed by atoms with E-state index in [1.54, 1.807) is 23.1 Å². The number of carbonyl (C=O) groups excluding carboxylic acids is 2. The van der Waals surface area contributed by atoms with Crippen LogP contribution in [-0.4, -0.2) is 35.5 Å². The zero-order chi connectivity index (χ0) is 16.6. The van der Waals surface area contributed by atoms with E-state index >= 15 is 0 Å². The second-order valence-electron chi connectivity index (χ2n) is 6.31. The number of benzene rings is 1. The third kappa shape index (κ3) is 3.36. The van der Waals surface area contributed by atoms with E-state index in [0.29, 0.717) is 30.9 Å². The summed E-state index contributed by atoms with van der Waals surface area (Å²) >= 11 is 0. The Balaban J connectivity index is 1.72. The van der Waals surface area contributed by atoms with Gasteiger partial charge in [-0.15, -0.1) is 0 Å². The first kappa shape index (κ1) is 15.5. The first-order valence-electron chi connectivity index (χ1n) is 7.90. The molecule has 2 N–H and O–H groups in total. The standard InChI is InChI=1S/C17H20N2O4/c1-10(20)19-7-6-12-9-13(4-5-15(12)19)16(21)18-14(17(22)23)8-11-2-3-11/h4-5,9,11,14H,2-3,6-8H2,1H3,(H,18,21)(H,22,23). The Bertz CT molecular complexity index is 667. The molecule has 0 bridgehead atoms. The van der Waals surface area contributed by atoms with Crippen molar-refractivity contribution in [1.29, 1.82) is 0 Å². The van der Waals surface area contributed by atoms with E-state index in [4.69, 9.17) is 0 Å². The van der Waals surface area contributed by atoms with Gasteiger partial charge in [0.25, 0.3) is 5.91 Å². The minimum absolute atomic E-state index is 0.0173. The molecule has 6 nitrogen and oxygen atoms in total. The van der Waals surface area contributed by atoms with Crippen molar-refractivity contribution < 1.29 is 19.5 Å². The van der Waals surface area contributed by atoms with E-state index in [1.807, 2.05) is 0 Å². The Labute approximate surface area is 134 Å². The molecule has 1 unspecified atom stereocenters. The second kappa shape index (κ2) is 6.02. The van der Waals surface area contributed by atoms with Gasteiger partial charge in [0, 0.05) is 24.7 Å². The Hall–Kier alpha value is -2.37. The van der Waals surface area contributed by atoms with Crippen LogP contribution in [0.1, 0.15) is 42.1 Å². The molecule has 0 spiro atoms. The van der Waals surface area contributed by atoms with Crippen LogP contribution in [0.25, 0.3) is 0 Å². The van der Waals surface area contributed by atoms with Crippen LogP contribution < -0.4 is 10.2 Å². The molecule has 3 rings (SSSR count). The highest BCUT2D eigenvalue weighted by molar-refractivity contribution is 5.99. The average Bonchev–Trinajstić information content (AvgIpc) is 3.21. The number of hydrogen-bond donors (Lipinski definition) is 2. The number of rotatable bonds is 5. The Morgan fingerprint density at radius 3 is 2.70 bits per heavy atom. The lowest BCUT2D eigenvalue weighted by atomic mass is 10.1. The summed E-state index contributed by atoms with van der Waals surface area (Å²) in [6, 6.07) is 4.32. The molecule has 1 aliphatic carbocycles. The van der Waals surface area contributed by atoms with Gasteiger partial charge in [0.2, 0.25) is 5.91 Å². The Kier molecular flexibility index (Phi) is 4.07. The van der Waals surface area contributed by atoms with E-state index in [1.165, 1.54) is 6.92 Å². The van der Waals surface area contributed by atoms with Crippen molar-refractivity contribution in [2.24, 2.45) is 5.92 Å². The summed E-state index contributed by atoms with van der Waals surface area (Å²) in [5, 5.41) is 11.8. The van der Waals surface area contributed by atoms with Crippen molar-refractivity contribution in [2.75, 3.05) is 11.4 Å². The summed E-state index contributed by atoms with van der Waals surface area (Å²) in [7, 11) is 0. The van der Waals surface area contributed by atoms with Gasteiger partial charge >= 0.3 is 5.97 Å². The van der Waals surface area contributed by atoms with Crippen molar-refractivity contribution in [3.05, 3.63) is 29.3 Å². The Morgan fingerprint density at radius 2 is 2.09 bits per heavy atom. The second-order valence-corrected chi connectivity index (χ2v) is 6.31. The molecule has 1 aliphatic heterocycles. The van der Waals surface area contributed by atoms with Crippen LogP contribution >= 0.6 is 0 Å². The number of carbonyl (C=O) groups is 3. The molecule has 2 amide bonds. The Morgan fingerprint density at radius 1 is 1.35 bits per heavy atom. The SMILES string of the molecule is CC(=O)N1CCc2cc(C(=O)NC(CC3CC3)C(=O)O)ccc21. The van der Waals surface area contributed by atoms with Crippen LogP contribution in [0.3, 0.4) is 0 Å². The number of hydrogen-bond acceptors (Lipinski definition) is 3. The molecule has 1 aromatic rings. The molecule has 0 aromatic heterocycles. The van der Waals surface area contributed by atoms with Crippen LogP contribution in [0.5, 0.6) is 0 Å². The van der Waals surface area contributed by atoms with Gasteiger partial charge in [0.05, 0.1) is 0 Å². The molecule has 0 saturated heterocycles. The molecule has 2 aliphatic rings. The number of amides is 2. The molecule has 6 heteroatoms. The van der Waals surface area contributed by atoms with Crippen molar-refractivity contribution >= 4 is 23.5 Å². The molecular formula is C17H20N2O4. The highest BCUT2D eigenvalue weighted by atomic mass is 16.4. The molecule has 1 aromatic carbocycles. The van der Waals surface area contributed by atoms with E-state index < -0.39 is 12.0 Å². The highest BCUT2D eigenvalue weighted by Gasteiger charge is 2.31. The first-order chi connectivity index (χ1) is 11.0. The molecule has 1 saturated carbocycles. The number of carboxylic acid groups (broad SMARTS) is 1. The number of fused-ring (bicyclic) bond motifs is 1. The zero-order valence-corrected chi connectivity index (χ0v) is 13.0. The van der Waals surface area contributed by atoms with Crippen LogP contribution in [0.15, 0.2) is 18.2 Å². The van der Waals surface area contributed by atoms with Crippen LogP contribution in [0, 0.1) is 5.92 Å². The van der Waals surface area contributed by atoms with E-state index in [2.05, 4.69) is 5.32 Å². The maximum absolute atomic E-state index is 12.3. The van der Waals surface area contributed by atoms with E-state index in [-0.39, 0.29) is 11.8 Å². The maximum Gasteiger partial charge on any atom is 0.326 e. The van der Waals surface area contributed by atoms with E-state index in [0.717, 1.165) is 24.1 Å². The predicted molar refractivity (Wildman–Crippen MR) is 84.4 cm³/mol. The first-order valence-corrected chi connectivity index (χ1v) is 7.90. The van der Waals surface area contributed by atoms with Crippen molar-refractivity contribution in [1.82, 2.24) is 5.32 Å². The fraction of sp³-hybridized carbons (Fsp3) is 0.471. The van der Waals surface area contributed by atoms with Gasteiger partial charge in [-0.05, 0) is 42.5 Å². The van der Waals surface area contributed by atoms with Gasteiger partial charge in [0.15, 0.2) is 0 Å².